The smallest absolute Gasteiger partial charge is 0.263 e. The van der Waals surface area contributed by atoms with Crippen molar-refractivity contribution in [2.45, 2.75) is 30.6 Å². The molecule has 0 unspecified atom stereocenters. The number of aromatic nitrogens is 1. The minimum absolute atomic E-state index is 0.0811. The van der Waals surface area contributed by atoms with Crippen LogP contribution in [0, 0.1) is 0 Å². The molecular weight excluding hydrogens is 330 g/mol. The van der Waals surface area contributed by atoms with Crippen molar-refractivity contribution >= 4 is 43.8 Å². The number of fused-ring (bicyclic) bond motifs is 1. The molecule has 3 rings (SSSR count). The predicted octanol–water partition coefficient (Wildman–Crippen LogP) is 3.06. The summed E-state index contributed by atoms with van der Waals surface area (Å²) in [5.74, 6) is 0. The van der Waals surface area contributed by atoms with Crippen molar-refractivity contribution < 1.29 is 8.42 Å². The molecule has 1 aliphatic rings. The maximum atomic E-state index is 12.3. The molecule has 0 bridgehead atoms. The Kier molecular flexibility index (Phi) is 3.81. The van der Waals surface area contributed by atoms with E-state index in [1.165, 1.54) is 34.4 Å². The fourth-order valence-corrected chi connectivity index (χ4v) is 4.70. The molecule has 0 saturated carbocycles. The second-order valence-electron chi connectivity index (χ2n) is 4.88. The van der Waals surface area contributed by atoms with Crippen LogP contribution in [0.5, 0.6) is 0 Å². The summed E-state index contributed by atoms with van der Waals surface area (Å²) in [5.41, 5.74) is 6.90. The first-order chi connectivity index (χ1) is 9.95. The number of nitrogens with zero attached hydrogens (tertiary/aromatic N) is 1. The topological polar surface area (TPSA) is 85.1 Å². The van der Waals surface area contributed by atoms with Gasteiger partial charge in [0.15, 0.2) is 5.13 Å². The third-order valence-corrected chi connectivity index (χ3v) is 6.23. The molecule has 0 fully saturated rings. The summed E-state index contributed by atoms with van der Waals surface area (Å²) in [6.45, 7) is 0. The van der Waals surface area contributed by atoms with Gasteiger partial charge in [-0.15, -0.1) is 11.3 Å². The minimum atomic E-state index is -3.69. The molecule has 0 aliphatic heterocycles. The van der Waals surface area contributed by atoms with Crippen molar-refractivity contribution in [2.24, 2.45) is 0 Å². The van der Waals surface area contributed by atoms with Gasteiger partial charge in [0.2, 0.25) is 0 Å². The number of halogens is 1. The zero-order valence-electron chi connectivity index (χ0n) is 11.1. The Morgan fingerprint density at radius 3 is 2.76 bits per heavy atom. The maximum absolute atomic E-state index is 12.3. The first-order valence-corrected chi connectivity index (χ1v) is 9.20. The summed E-state index contributed by atoms with van der Waals surface area (Å²) in [6, 6.07) is 4.24. The van der Waals surface area contributed by atoms with E-state index in [1.54, 1.807) is 0 Å². The molecule has 0 amide bonds. The van der Waals surface area contributed by atoms with Crippen molar-refractivity contribution in [1.82, 2.24) is 4.98 Å². The van der Waals surface area contributed by atoms with E-state index in [4.69, 9.17) is 17.3 Å². The molecule has 0 atom stereocenters. The number of sulfonamides is 1. The summed E-state index contributed by atoms with van der Waals surface area (Å²) in [7, 11) is -3.69. The molecule has 3 N–H and O–H groups in total. The third kappa shape index (κ3) is 3.00. The lowest BCUT2D eigenvalue weighted by Crippen LogP contribution is -2.13. The number of anilines is 2. The highest BCUT2D eigenvalue weighted by molar-refractivity contribution is 7.93. The van der Waals surface area contributed by atoms with E-state index in [0.29, 0.717) is 10.2 Å². The van der Waals surface area contributed by atoms with Crippen LogP contribution in [0.15, 0.2) is 23.1 Å². The van der Waals surface area contributed by atoms with Gasteiger partial charge in [-0.05, 0) is 43.9 Å². The van der Waals surface area contributed by atoms with Crippen LogP contribution in [0.1, 0.15) is 23.4 Å². The number of hydrogen-bond donors (Lipinski definition) is 2. The van der Waals surface area contributed by atoms with Gasteiger partial charge in [0.1, 0.15) is 0 Å². The summed E-state index contributed by atoms with van der Waals surface area (Å²) in [4.78, 5) is 5.63. The molecular formula is C13H14ClN3O2S2. The Balaban J connectivity index is 1.88. The molecule has 8 heteroatoms. The molecule has 1 aliphatic carbocycles. The van der Waals surface area contributed by atoms with Gasteiger partial charge in [-0.3, -0.25) is 4.72 Å². The number of nitrogens with two attached hydrogens (primary N) is 1. The van der Waals surface area contributed by atoms with Crippen LogP contribution in [0.25, 0.3) is 0 Å². The van der Waals surface area contributed by atoms with Crippen LogP contribution in [0.2, 0.25) is 5.02 Å². The van der Waals surface area contributed by atoms with Crippen molar-refractivity contribution in [1.29, 1.82) is 0 Å². The zero-order valence-corrected chi connectivity index (χ0v) is 13.5. The lowest BCUT2D eigenvalue weighted by molar-refractivity contribution is 0.601. The Bertz CT molecular complexity index is 763. The lowest BCUT2D eigenvalue weighted by Gasteiger charge is -2.06. The van der Waals surface area contributed by atoms with Crippen molar-refractivity contribution in [2.75, 3.05) is 10.5 Å². The number of thiazole rings is 1. The van der Waals surface area contributed by atoms with E-state index < -0.39 is 10.0 Å². The van der Waals surface area contributed by atoms with Gasteiger partial charge < -0.3 is 5.73 Å². The second-order valence-corrected chi connectivity index (χ2v) is 8.06. The first kappa shape index (κ1) is 14.6. The van der Waals surface area contributed by atoms with E-state index in [0.717, 1.165) is 31.4 Å². The molecule has 112 valence electrons. The first-order valence-electron chi connectivity index (χ1n) is 6.52. The molecule has 0 radical (unpaired) electrons. The van der Waals surface area contributed by atoms with Crippen molar-refractivity contribution in [3.05, 3.63) is 33.8 Å². The van der Waals surface area contributed by atoms with Crippen LogP contribution in [0.3, 0.4) is 0 Å². The van der Waals surface area contributed by atoms with Gasteiger partial charge in [-0.25, -0.2) is 13.4 Å². The van der Waals surface area contributed by atoms with Gasteiger partial charge in [0.05, 0.1) is 21.3 Å². The Labute approximate surface area is 132 Å². The standard InChI is InChI=1S/C13H14ClN3O2S2/c14-9-6-5-8(7-10(9)15)21(18,19)17-13-16-11-3-1-2-4-12(11)20-13/h5-7H,1-4,15H2,(H,16,17). The minimum Gasteiger partial charge on any atom is -0.397 e. The molecule has 1 heterocycles. The van der Waals surface area contributed by atoms with Crippen LogP contribution >= 0.6 is 22.9 Å². The fourth-order valence-electron chi connectivity index (χ4n) is 2.26. The number of hydrogen-bond acceptors (Lipinski definition) is 5. The average Bonchev–Trinajstić information content (AvgIpc) is 2.82. The number of aryl methyl sites for hydroxylation is 2. The van der Waals surface area contributed by atoms with E-state index in [2.05, 4.69) is 9.71 Å². The Morgan fingerprint density at radius 2 is 2.05 bits per heavy atom. The molecule has 5 nitrogen and oxygen atoms in total. The summed E-state index contributed by atoms with van der Waals surface area (Å²) >= 11 is 7.21. The maximum Gasteiger partial charge on any atom is 0.263 e. The Morgan fingerprint density at radius 1 is 1.29 bits per heavy atom. The van der Waals surface area contributed by atoms with Gasteiger partial charge in [-0.2, -0.15) is 0 Å². The molecule has 1 aromatic heterocycles. The third-order valence-electron chi connectivity index (χ3n) is 3.35. The van der Waals surface area contributed by atoms with E-state index >= 15 is 0 Å². The number of nitrogen functional groups attached to an aromatic ring is 1. The van der Waals surface area contributed by atoms with Gasteiger partial charge in [0.25, 0.3) is 10.0 Å². The predicted molar refractivity (Wildman–Crippen MR) is 85.4 cm³/mol. The number of rotatable bonds is 3. The van der Waals surface area contributed by atoms with Crippen molar-refractivity contribution in [3.8, 4) is 0 Å². The quantitative estimate of drug-likeness (QED) is 0.839. The van der Waals surface area contributed by atoms with Crippen LogP contribution in [-0.2, 0) is 22.9 Å². The summed E-state index contributed by atoms with van der Waals surface area (Å²) < 4.78 is 27.2. The van der Waals surface area contributed by atoms with E-state index in [1.807, 2.05) is 0 Å². The largest absolute Gasteiger partial charge is 0.397 e. The lowest BCUT2D eigenvalue weighted by atomic mass is 10.0. The highest BCUT2D eigenvalue weighted by Gasteiger charge is 2.20. The van der Waals surface area contributed by atoms with Crippen LogP contribution in [-0.4, -0.2) is 13.4 Å². The monoisotopic (exact) mass is 343 g/mol. The van der Waals surface area contributed by atoms with E-state index in [9.17, 15) is 8.42 Å². The molecule has 21 heavy (non-hydrogen) atoms. The van der Waals surface area contributed by atoms with Gasteiger partial charge in [-0.1, -0.05) is 11.6 Å². The molecule has 0 spiro atoms. The van der Waals surface area contributed by atoms with Gasteiger partial charge in [0, 0.05) is 4.88 Å². The van der Waals surface area contributed by atoms with Crippen molar-refractivity contribution in [3.63, 3.8) is 0 Å². The van der Waals surface area contributed by atoms with Crippen LogP contribution < -0.4 is 10.5 Å². The average molecular weight is 344 g/mol. The van der Waals surface area contributed by atoms with Gasteiger partial charge >= 0.3 is 0 Å². The summed E-state index contributed by atoms with van der Waals surface area (Å²) in [6.07, 6.45) is 4.13. The normalized spacial score (nSPS) is 14.7. The second kappa shape index (κ2) is 5.47. The highest BCUT2D eigenvalue weighted by Crippen LogP contribution is 2.31. The Hall–Kier alpha value is -1.31. The zero-order chi connectivity index (χ0) is 15.0. The SMILES string of the molecule is Nc1cc(S(=O)(=O)Nc2nc3c(s2)CCCC3)ccc1Cl. The fraction of sp³-hybridized carbons (Fsp3) is 0.308. The number of benzene rings is 1. The van der Waals surface area contributed by atoms with Crippen LogP contribution in [0.4, 0.5) is 10.8 Å². The van der Waals surface area contributed by atoms with E-state index in [-0.39, 0.29) is 10.6 Å². The molecule has 0 saturated heterocycles. The molecule has 1 aromatic carbocycles. The number of nitrogens with one attached hydrogen (secondary N) is 1. The summed E-state index contributed by atoms with van der Waals surface area (Å²) in [5, 5.41) is 0.745. The highest BCUT2D eigenvalue weighted by atomic mass is 35.5. The molecule has 2 aromatic rings.